The van der Waals surface area contributed by atoms with E-state index in [1.54, 1.807) is 24.3 Å². The lowest BCUT2D eigenvalue weighted by Crippen LogP contribution is -2.52. The Morgan fingerprint density at radius 1 is 1.18 bits per heavy atom. The average molecular weight is 627 g/mol. The first kappa shape index (κ1) is 29.9. The van der Waals surface area contributed by atoms with Crippen molar-refractivity contribution in [1.82, 2.24) is 28.6 Å². The van der Waals surface area contributed by atoms with Crippen molar-refractivity contribution in [2.45, 2.75) is 50.0 Å². The summed E-state index contributed by atoms with van der Waals surface area (Å²) in [7, 11) is -2.26. The number of Topliss-reactive ketones (excluding diaryl/α,β-unsaturated/α-hetero) is 1. The van der Waals surface area contributed by atoms with Crippen LogP contribution in [-0.2, 0) is 23.2 Å². The molecule has 1 saturated carbocycles. The minimum absolute atomic E-state index is 0.0378. The van der Waals surface area contributed by atoms with E-state index >= 15 is 0 Å². The molecule has 13 heteroatoms. The number of ketones is 1. The van der Waals surface area contributed by atoms with Gasteiger partial charge in [0, 0.05) is 36.9 Å². The molecule has 4 aromatic rings. The van der Waals surface area contributed by atoms with Gasteiger partial charge in [0.25, 0.3) is 0 Å². The van der Waals surface area contributed by atoms with Gasteiger partial charge >= 0.3 is 6.18 Å². The molecule has 0 radical (unpaired) electrons. The van der Waals surface area contributed by atoms with Crippen LogP contribution in [0, 0.1) is 18.2 Å². The second kappa shape index (κ2) is 10.8. The molecule has 3 aromatic heterocycles. The van der Waals surface area contributed by atoms with Gasteiger partial charge in [-0.05, 0) is 98.1 Å². The van der Waals surface area contributed by atoms with E-state index in [-0.39, 0.29) is 48.1 Å². The zero-order valence-corrected chi connectivity index (χ0v) is 24.9. The van der Waals surface area contributed by atoms with Gasteiger partial charge in [-0.3, -0.25) is 14.5 Å². The zero-order chi connectivity index (χ0) is 31.4. The molecule has 2 aliphatic rings. The quantitative estimate of drug-likeness (QED) is 0.157. The van der Waals surface area contributed by atoms with Crippen LogP contribution in [0.2, 0.25) is 0 Å². The van der Waals surface area contributed by atoms with E-state index in [9.17, 15) is 26.6 Å². The Morgan fingerprint density at radius 3 is 2.59 bits per heavy atom. The molecule has 6 rings (SSSR count). The SMILES string of the molecule is C=S(=O)(c1ncn(C)n1)N(CC(F)(F)F)[C@H]1CCC2=Cc3c(ccn3-c3ccc(F)cc3)C[C@]2(C(=O)c2cc(C)ccn2)C1. The van der Waals surface area contributed by atoms with E-state index in [0.717, 1.165) is 32.4 Å². The molecular formula is C31H30F4N6O2S. The van der Waals surface area contributed by atoms with Gasteiger partial charge in [0.05, 0.1) is 15.1 Å². The van der Waals surface area contributed by atoms with Gasteiger partial charge in [0.2, 0.25) is 5.16 Å². The summed E-state index contributed by atoms with van der Waals surface area (Å²) in [5, 5.41) is 3.73. The highest BCUT2D eigenvalue weighted by molar-refractivity contribution is 7.98. The third kappa shape index (κ3) is 5.38. The minimum Gasteiger partial charge on any atom is -0.317 e. The van der Waals surface area contributed by atoms with E-state index in [0.29, 0.717) is 0 Å². The lowest BCUT2D eigenvalue weighted by molar-refractivity contribution is -0.140. The van der Waals surface area contributed by atoms with Gasteiger partial charge in [0.15, 0.2) is 5.78 Å². The topological polar surface area (TPSA) is 85.9 Å². The molecule has 2 aliphatic carbocycles. The maximum Gasteiger partial charge on any atom is 0.402 e. The van der Waals surface area contributed by atoms with E-state index in [4.69, 9.17) is 0 Å². The third-order valence-electron chi connectivity index (χ3n) is 8.43. The predicted molar refractivity (Wildman–Crippen MR) is 158 cm³/mol. The summed E-state index contributed by atoms with van der Waals surface area (Å²) < 4.78 is 73.8. The summed E-state index contributed by atoms with van der Waals surface area (Å²) in [6.07, 6.45) is 2.48. The second-order valence-electron chi connectivity index (χ2n) is 11.5. The normalized spacial score (nSPS) is 21.3. The Kier molecular flexibility index (Phi) is 7.36. The molecule has 0 amide bonds. The van der Waals surface area contributed by atoms with Gasteiger partial charge in [-0.1, -0.05) is 5.57 Å². The highest BCUT2D eigenvalue weighted by atomic mass is 32.2. The fourth-order valence-corrected chi connectivity index (χ4v) is 8.09. The van der Waals surface area contributed by atoms with E-state index in [1.165, 1.54) is 36.4 Å². The molecule has 8 nitrogen and oxygen atoms in total. The fraction of sp³-hybridized carbons (Fsp3) is 0.323. The number of hydrogen-bond acceptors (Lipinski definition) is 5. The Hall–Kier alpha value is -4.10. The van der Waals surface area contributed by atoms with Gasteiger partial charge in [-0.25, -0.2) is 17.9 Å². The summed E-state index contributed by atoms with van der Waals surface area (Å²) in [6.45, 7) is 0.331. The first-order valence-electron chi connectivity index (χ1n) is 14.0. The summed E-state index contributed by atoms with van der Waals surface area (Å²) in [4.78, 5) is 22.8. The van der Waals surface area contributed by atoms with Crippen LogP contribution in [0.5, 0.6) is 0 Å². The average Bonchev–Trinajstić information content (AvgIpc) is 3.60. The zero-order valence-electron chi connectivity index (χ0n) is 24.1. The molecule has 0 aliphatic heterocycles. The molecular weight excluding hydrogens is 596 g/mol. The van der Waals surface area contributed by atoms with Crippen molar-refractivity contribution < 1.29 is 26.6 Å². The van der Waals surface area contributed by atoms with Crippen LogP contribution in [-0.4, -0.2) is 63.2 Å². The Labute approximate surface area is 252 Å². The number of nitrogens with zero attached hydrogens (tertiary/aromatic N) is 6. The van der Waals surface area contributed by atoms with Crippen LogP contribution in [0.1, 0.15) is 46.6 Å². The van der Waals surface area contributed by atoms with Crippen LogP contribution in [0.3, 0.4) is 0 Å². The molecule has 3 atom stereocenters. The minimum atomic E-state index is -4.70. The summed E-state index contributed by atoms with van der Waals surface area (Å²) in [6, 6.07) is 10.4. The van der Waals surface area contributed by atoms with Crippen LogP contribution >= 0.6 is 0 Å². The summed E-state index contributed by atoms with van der Waals surface area (Å²) in [5.41, 5.74) is 2.89. The molecule has 1 aromatic carbocycles. The maximum atomic E-state index is 14.5. The van der Waals surface area contributed by atoms with E-state index in [2.05, 4.69) is 20.9 Å². The summed E-state index contributed by atoms with van der Waals surface area (Å²) >= 11 is 0. The Bertz CT molecular complexity index is 1880. The lowest BCUT2D eigenvalue weighted by Gasteiger charge is -2.47. The number of halogens is 4. The van der Waals surface area contributed by atoms with E-state index < -0.39 is 33.9 Å². The van der Waals surface area contributed by atoms with Crippen molar-refractivity contribution in [1.29, 1.82) is 0 Å². The van der Waals surface area contributed by atoms with Crippen LogP contribution in [0.4, 0.5) is 17.6 Å². The molecule has 0 N–H and O–H groups in total. The number of pyridine rings is 1. The number of aryl methyl sites for hydroxylation is 2. The third-order valence-corrected chi connectivity index (χ3v) is 10.4. The van der Waals surface area contributed by atoms with Gasteiger partial charge in [-0.2, -0.15) is 13.2 Å². The Balaban J connectivity index is 1.46. The number of benzene rings is 1. The van der Waals surface area contributed by atoms with Crippen LogP contribution < -0.4 is 0 Å². The molecule has 3 heterocycles. The molecule has 1 unspecified atom stereocenters. The number of hydrogen-bond donors (Lipinski definition) is 0. The van der Waals surface area contributed by atoms with E-state index in [1.807, 2.05) is 29.8 Å². The number of allylic oxidation sites excluding steroid dienone is 1. The number of fused-ring (bicyclic) bond motifs is 2. The monoisotopic (exact) mass is 626 g/mol. The number of carbonyl (C=O) groups is 1. The number of aromatic nitrogens is 5. The first-order valence-corrected chi connectivity index (χ1v) is 15.7. The van der Waals surface area contributed by atoms with Gasteiger partial charge < -0.3 is 4.57 Å². The van der Waals surface area contributed by atoms with Crippen molar-refractivity contribution in [2.75, 3.05) is 6.54 Å². The molecule has 0 saturated heterocycles. The highest BCUT2D eigenvalue weighted by Crippen LogP contribution is 2.51. The fourth-order valence-electron chi connectivity index (χ4n) is 6.40. The van der Waals surface area contributed by atoms with Crippen LogP contribution in [0.25, 0.3) is 11.8 Å². The first-order chi connectivity index (χ1) is 20.8. The van der Waals surface area contributed by atoms with Crippen LogP contribution in [0.15, 0.2) is 71.9 Å². The molecule has 44 heavy (non-hydrogen) atoms. The Morgan fingerprint density at radius 2 is 1.93 bits per heavy atom. The largest absolute Gasteiger partial charge is 0.402 e. The van der Waals surface area contributed by atoms with Crippen molar-refractivity contribution in [2.24, 2.45) is 12.5 Å². The standard InChI is InChI=1S/C31H30F4N6O2S/c1-20-10-12-36-26(14-20)28(42)30-16-21-11-13-40(24-8-5-23(32)6-9-24)27(21)15-22(30)4-7-25(17-30)41(18-31(33,34)35)44(3,43)29-37-19-39(2)38-29/h5-6,8-15,19,25H,3-4,7,16-18H2,1-2H3/t25-,30-,44?/m0/s1. The molecule has 1 fully saturated rings. The summed E-state index contributed by atoms with van der Waals surface area (Å²) in [5.74, 6) is 3.03. The van der Waals surface area contributed by atoms with Crippen molar-refractivity contribution in [3.8, 4) is 5.69 Å². The smallest absolute Gasteiger partial charge is 0.317 e. The predicted octanol–water partition coefficient (Wildman–Crippen LogP) is 5.36. The molecule has 230 valence electrons. The van der Waals surface area contributed by atoms with Crippen molar-refractivity contribution in [3.63, 3.8) is 0 Å². The van der Waals surface area contributed by atoms with Crippen molar-refractivity contribution >= 4 is 27.4 Å². The van der Waals surface area contributed by atoms with Crippen molar-refractivity contribution in [3.05, 3.63) is 95.1 Å². The molecule has 0 spiro atoms. The van der Waals surface area contributed by atoms with Gasteiger partial charge in [0.1, 0.15) is 24.4 Å². The second-order valence-corrected chi connectivity index (χ2v) is 13.6. The van der Waals surface area contributed by atoms with Gasteiger partial charge in [-0.15, -0.1) is 5.10 Å². The molecule has 0 bridgehead atoms. The number of carbonyl (C=O) groups excluding carboxylic acids is 1. The number of alkyl halides is 3. The maximum absolute atomic E-state index is 14.5. The lowest BCUT2D eigenvalue weighted by atomic mass is 9.60. The number of rotatable bonds is 7. The highest BCUT2D eigenvalue weighted by Gasteiger charge is 2.52.